The molecule has 9 nitrogen and oxygen atoms in total. The molecule has 3 rings (SSSR count). The fraction of sp³-hybridized carbons (Fsp3) is 0.444. The van der Waals surface area contributed by atoms with Crippen molar-refractivity contribution in [1.29, 1.82) is 0 Å². The number of quaternary nitrogens is 2. The number of hydrogen-bond donors (Lipinski definition) is 3. The van der Waals surface area contributed by atoms with Gasteiger partial charge in [-0.2, -0.15) is 0 Å². The molecule has 1 fully saturated rings. The molecule has 0 unspecified atom stereocenters. The van der Waals surface area contributed by atoms with E-state index in [9.17, 15) is 24.8 Å². The lowest BCUT2D eigenvalue weighted by atomic mass is 9.96. The number of nitrogens with two attached hydrogens (primary N) is 1. The quantitative estimate of drug-likeness (QED) is 0.405. The van der Waals surface area contributed by atoms with Crippen molar-refractivity contribution in [2.45, 2.75) is 13.0 Å². The van der Waals surface area contributed by atoms with Crippen molar-refractivity contribution in [2.75, 3.05) is 39.3 Å². The topological polar surface area (TPSA) is 122 Å². The molecule has 1 amide bonds. The summed E-state index contributed by atoms with van der Waals surface area (Å²) in [7, 11) is 0. The number of aliphatic hydroxyl groups excluding tert-OH is 1. The minimum absolute atomic E-state index is 0.00229. The molecule has 1 atom stereocenters. The molecule has 9 heteroatoms. The number of carbonyl (C=O) groups is 2. The molecule has 0 bridgehead atoms. The summed E-state index contributed by atoms with van der Waals surface area (Å²) in [4.78, 5) is 38.1. The third-order valence-electron chi connectivity index (χ3n) is 5.19. The Labute approximate surface area is 156 Å². The highest BCUT2D eigenvalue weighted by Gasteiger charge is 2.43. The molecule has 0 radical (unpaired) electrons. The van der Waals surface area contributed by atoms with Crippen molar-refractivity contribution in [3.63, 3.8) is 0 Å². The third kappa shape index (κ3) is 3.83. The van der Waals surface area contributed by atoms with Crippen molar-refractivity contribution >= 4 is 17.4 Å². The van der Waals surface area contributed by atoms with Crippen LogP contribution in [0.15, 0.2) is 35.6 Å². The second kappa shape index (κ2) is 7.85. The minimum atomic E-state index is -0.800. The van der Waals surface area contributed by atoms with Gasteiger partial charge in [0.15, 0.2) is 11.5 Å². The Morgan fingerprint density at radius 3 is 2.74 bits per heavy atom. The maximum absolute atomic E-state index is 12.6. The van der Waals surface area contributed by atoms with Gasteiger partial charge in [-0.05, 0) is 12.5 Å². The van der Waals surface area contributed by atoms with Crippen molar-refractivity contribution in [1.82, 2.24) is 4.90 Å². The molecule has 0 aliphatic carbocycles. The standard InChI is InChI=1S/C18H22N4O5/c1-12(23)15-16(13-3-2-4-14(11-13)22(26)27)21(18(25)17(15)24)10-9-20-7-5-19-6-8-20/h2-4,11,16,19,24H,5-10H2,1H3/p+2/t16-/m1/s1. The molecule has 1 saturated heterocycles. The fourth-order valence-electron chi connectivity index (χ4n) is 3.81. The van der Waals surface area contributed by atoms with E-state index in [0.717, 1.165) is 26.2 Å². The highest BCUT2D eigenvalue weighted by Crippen LogP contribution is 2.38. The maximum Gasteiger partial charge on any atom is 0.290 e. The maximum atomic E-state index is 12.6. The van der Waals surface area contributed by atoms with Gasteiger partial charge in [0, 0.05) is 12.1 Å². The van der Waals surface area contributed by atoms with Crippen LogP contribution in [0.2, 0.25) is 0 Å². The highest BCUT2D eigenvalue weighted by molar-refractivity contribution is 6.08. The number of nitrogens with zero attached hydrogens (tertiary/aromatic N) is 2. The van der Waals surface area contributed by atoms with Crippen molar-refractivity contribution in [2.24, 2.45) is 0 Å². The molecule has 2 heterocycles. The van der Waals surface area contributed by atoms with Gasteiger partial charge in [0.25, 0.3) is 11.6 Å². The zero-order chi connectivity index (χ0) is 19.6. The molecule has 0 saturated carbocycles. The Bertz CT molecular complexity index is 801. The molecule has 2 aliphatic rings. The van der Waals surface area contributed by atoms with Crippen LogP contribution in [0.5, 0.6) is 0 Å². The number of non-ortho nitro benzene ring substituents is 1. The van der Waals surface area contributed by atoms with Crippen molar-refractivity contribution in [3.05, 3.63) is 51.3 Å². The number of nitro benzene ring substituents is 1. The Kier molecular flexibility index (Phi) is 5.52. The van der Waals surface area contributed by atoms with E-state index in [1.807, 2.05) is 0 Å². The van der Waals surface area contributed by atoms with E-state index in [1.54, 1.807) is 6.07 Å². The van der Waals surface area contributed by atoms with E-state index in [2.05, 4.69) is 5.32 Å². The molecule has 144 valence electrons. The van der Waals surface area contributed by atoms with Crippen molar-refractivity contribution in [3.8, 4) is 0 Å². The Balaban J connectivity index is 1.91. The first-order valence-corrected chi connectivity index (χ1v) is 9.04. The van der Waals surface area contributed by atoms with Gasteiger partial charge >= 0.3 is 0 Å². The van der Waals surface area contributed by atoms with E-state index in [4.69, 9.17) is 0 Å². The zero-order valence-electron chi connectivity index (χ0n) is 15.2. The monoisotopic (exact) mass is 376 g/mol. The normalized spacial score (nSPS) is 21.0. The van der Waals surface area contributed by atoms with Crippen LogP contribution in [0, 0.1) is 10.1 Å². The lowest BCUT2D eigenvalue weighted by molar-refractivity contribution is -0.946. The summed E-state index contributed by atoms with van der Waals surface area (Å²) in [5.74, 6) is -1.57. The summed E-state index contributed by atoms with van der Waals surface area (Å²) in [6.07, 6.45) is 0. The van der Waals surface area contributed by atoms with Gasteiger partial charge in [0.05, 0.1) is 29.6 Å². The van der Waals surface area contributed by atoms with E-state index in [0.29, 0.717) is 18.7 Å². The second-order valence-corrected chi connectivity index (χ2v) is 6.94. The smallest absolute Gasteiger partial charge is 0.290 e. The number of piperazine rings is 1. The number of benzene rings is 1. The zero-order valence-corrected chi connectivity index (χ0v) is 15.2. The number of amides is 1. The average Bonchev–Trinajstić information content (AvgIpc) is 2.92. The van der Waals surface area contributed by atoms with Gasteiger partial charge in [0.1, 0.15) is 26.2 Å². The van der Waals surface area contributed by atoms with Gasteiger partial charge in [0.2, 0.25) is 0 Å². The number of nitrogens with one attached hydrogen (secondary N) is 1. The number of rotatable bonds is 6. The van der Waals surface area contributed by atoms with Crippen LogP contribution in [-0.4, -0.2) is 65.9 Å². The summed E-state index contributed by atoms with van der Waals surface area (Å²) in [5.41, 5.74) is 0.336. The molecular weight excluding hydrogens is 352 g/mol. The number of carbonyl (C=O) groups excluding carboxylic acids is 2. The lowest BCUT2D eigenvalue weighted by Crippen LogP contribution is -3.20. The predicted molar refractivity (Wildman–Crippen MR) is 95.1 cm³/mol. The van der Waals surface area contributed by atoms with Gasteiger partial charge in [-0.3, -0.25) is 19.7 Å². The van der Waals surface area contributed by atoms with Crippen molar-refractivity contribution < 1.29 is 29.8 Å². The first-order chi connectivity index (χ1) is 12.9. The van der Waals surface area contributed by atoms with Crippen LogP contribution >= 0.6 is 0 Å². The average molecular weight is 376 g/mol. The molecule has 1 aromatic rings. The van der Waals surface area contributed by atoms with Gasteiger partial charge in [-0.25, -0.2) is 0 Å². The van der Waals surface area contributed by atoms with Crippen LogP contribution < -0.4 is 10.2 Å². The number of aliphatic hydroxyl groups is 1. The minimum Gasteiger partial charge on any atom is -0.503 e. The molecule has 0 aromatic heterocycles. The Hall–Kier alpha value is -2.78. The SMILES string of the molecule is CC(=O)C1=C(O)C(=O)N(CC[NH+]2CC[NH2+]CC2)[C@@H]1c1cccc([N+](=O)[O-])c1. The largest absolute Gasteiger partial charge is 0.503 e. The molecule has 2 aliphatic heterocycles. The number of nitro groups is 1. The van der Waals surface area contributed by atoms with E-state index in [1.165, 1.54) is 34.9 Å². The van der Waals surface area contributed by atoms with Crippen LogP contribution in [-0.2, 0) is 9.59 Å². The Morgan fingerprint density at radius 2 is 2.11 bits per heavy atom. The van der Waals surface area contributed by atoms with Gasteiger partial charge in [-0.15, -0.1) is 0 Å². The van der Waals surface area contributed by atoms with E-state index >= 15 is 0 Å². The summed E-state index contributed by atoms with van der Waals surface area (Å²) >= 11 is 0. The molecule has 0 spiro atoms. The lowest BCUT2D eigenvalue weighted by Gasteiger charge is -2.29. The summed E-state index contributed by atoms with van der Waals surface area (Å²) < 4.78 is 0. The Morgan fingerprint density at radius 1 is 1.41 bits per heavy atom. The van der Waals surface area contributed by atoms with Crippen LogP contribution in [0.4, 0.5) is 5.69 Å². The number of ketones is 1. The molecule has 1 aromatic carbocycles. The molecule has 4 N–H and O–H groups in total. The first kappa shape index (κ1) is 19.0. The summed E-state index contributed by atoms with van der Waals surface area (Å²) in [6.45, 7) is 6.38. The molecular formula is C18H24N4O5+2. The number of Topliss-reactive ketones (excluding diaryl/α,β-unsaturated/α-hetero) is 1. The van der Waals surface area contributed by atoms with E-state index in [-0.39, 0.29) is 11.3 Å². The third-order valence-corrected chi connectivity index (χ3v) is 5.19. The summed E-state index contributed by atoms with van der Waals surface area (Å²) in [6, 6.07) is 5.08. The van der Waals surface area contributed by atoms with E-state index < -0.39 is 28.4 Å². The van der Waals surface area contributed by atoms with Crippen LogP contribution in [0.25, 0.3) is 0 Å². The molecule has 27 heavy (non-hydrogen) atoms. The van der Waals surface area contributed by atoms with Crippen LogP contribution in [0.1, 0.15) is 18.5 Å². The summed E-state index contributed by atoms with van der Waals surface area (Å²) in [5, 5.41) is 23.6. The second-order valence-electron chi connectivity index (χ2n) is 6.94. The predicted octanol–water partition coefficient (Wildman–Crippen LogP) is -1.66. The van der Waals surface area contributed by atoms with Gasteiger partial charge in [-0.1, -0.05) is 12.1 Å². The van der Waals surface area contributed by atoms with Gasteiger partial charge < -0.3 is 20.2 Å². The van der Waals surface area contributed by atoms with Crippen LogP contribution in [0.3, 0.4) is 0 Å². The first-order valence-electron chi connectivity index (χ1n) is 9.04. The highest BCUT2D eigenvalue weighted by atomic mass is 16.6. The fourth-order valence-corrected chi connectivity index (χ4v) is 3.81. The number of hydrogen-bond acceptors (Lipinski definition) is 5.